The number of hydrogen-bond acceptors (Lipinski definition) is 3. The molecule has 1 N–H and O–H groups in total. The second kappa shape index (κ2) is 4.19. The predicted molar refractivity (Wildman–Crippen MR) is 76.6 cm³/mol. The van der Waals surface area contributed by atoms with E-state index in [-0.39, 0.29) is 11.3 Å². The van der Waals surface area contributed by atoms with E-state index >= 15 is 0 Å². The molecule has 2 aliphatic rings. The SMILES string of the molecule is O=C(NCc1ncc(-c2cccc(Br)c2)o1)C12CC1C2. The van der Waals surface area contributed by atoms with Crippen LogP contribution < -0.4 is 5.32 Å². The largest absolute Gasteiger partial charge is 0.439 e. The second-order valence-electron chi connectivity index (χ2n) is 5.57. The zero-order valence-corrected chi connectivity index (χ0v) is 12.3. The van der Waals surface area contributed by atoms with Crippen LogP contribution in [-0.4, -0.2) is 10.9 Å². The van der Waals surface area contributed by atoms with Crippen molar-refractivity contribution in [3.63, 3.8) is 0 Å². The van der Waals surface area contributed by atoms with E-state index in [0.717, 1.165) is 22.9 Å². The van der Waals surface area contributed by atoms with Crippen molar-refractivity contribution in [1.29, 1.82) is 0 Å². The Hall–Kier alpha value is -1.62. The number of hydrogen-bond donors (Lipinski definition) is 1. The fourth-order valence-corrected chi connectivity index (χ4v) is 2.97. The Labute approximate surface area is 124 Å². The Balaban J connectivity index is 1.44. The Morgan fingerprint density at radius 3 is 3.00 bits per heavy atom. The molecule has 0 unspecified atom stereocenters. The molecule has 0 radical (unpaired) electrons. The maximum Gasteiger partial charge on any atom is 0.226 e. The van der Waals surface area contributed by atoms with Gasteiger partial charge >= 0.3 is 0 Å². The van der Waals surface area contributed by atoms with E-state index in [4.69, 9.17) is 4.42 Å². The minimum atomic E-state index is -0.000281. The van der Waals surface area contributed by atoms with E-state index in [1.165, 1.54) is 0 Å². The number of aromatic nitrogens is 1. The lowest BCUT2D eigenvalue weighted by atomic mass is 10.2. The van der Waals surface area contributed by atoms with E-state index < -0.39 is 0 Å². The fourth-order valence-electron chi connectivity index (χ4n) is 2.57. The number of carbonyl (C=O) groups is 1. The van der Waals surface area contributed by atoms with Gasteiger partial charge in [-0.1, -0.05) is 28.1 Å². The molecular weight excluding hydrogens is 320 g/mol. The number of nitrogens with zero attached hydrogens (tertiary/aromatic N) is 1. The molecule has 0 atom stereocenters. The van der Waals surface area contributed by atoms with Gasteiger partial charge in [-0.3, -0.25) is 4.79 Å². The minimum absolute atomic E-state index is 0.000281. The average Bonchev–Trinajstić information content (AvgIpc) is 3.24. The van der Waals surface area contributed by atoms with E-state index in [2.05, 4.69) is 26.2 Å². The summed E-state index contributed by atoms with van der Waals surface area (Å²) in [7, 11) is 0. The van der Waals surface area contributed by atoms with Gasteiger partial charge in [0.05, 0.1) is 18.2 Å². The molecule has 2 aromatic rings. The van der Waals surface area contributed by atoms with Crippen LogP contribution in [-0.2, 0) is 11.3 Å². The van der Waals surface area contributed by atoms with E-state index in [9.17, 15) is 4.79 Å². The van der Waals surface area contributed by atoms with Crippen LogP contribution in [0.3, 0.4) is 0 Å². The molecule has 102 valence electrons. The van der Waals surface area contributed by atoms with Crippen molar-refractivity contribution in [1.82, 2.24) is 10.3 Å². The molecule has 4 rings (SSSR count). The van der Waals surface area contributed by atoms with Crippen LogP contribution in [0.25, 0.3) is 11.3 Å². The van der Waals surface area contributed by atoms with Crippen molar-refractivity contribution in [2.45, 2.75) is 19.4 Å². The van der Waals surface area contributed by atoms with Crippen LogP contribution in [0.2, 0.25) is 0 Å². The second-order valence-corrected chi connectivity index (χ2v) is 6.49. The molecule has 0 spiro atoms. The molecule has 1 aromatic carbocycles. The van der Waals surface area contributed by atoms with E-state index in [1.54, 1.807) is 6.20 Å². The van der Waals surface area contributed by atoms with Gasteiger partial charge in [0.15, 0.2) is 5.76 Å². The molecule has 0 aliphatic heterocycles. The number of fused-ring (bicyclic) bond motifs is 1. The Morgan fingerprint density at radius 1 is 1.50 bits per heavy atom. The van der Waals surface area contributed by atoms with E-state index in [0.29, 0.717) is 24.1 Å². The van der Waals surface area contributed by atoms with Gasteiger partial charge in [0.25, 0.3) is 0 Å². The standard InChI is InChI=1S/C15H13BrN2O2/c16-11-3-1-2-9(4-11)12-7-17-13(20-12)8-18-14(19)15-5-10(15)6-15/h1-4,7,10H,5-6,8H2,(H,18,19). The number of nitrogens with one attached hydrogen (secondary N) is 1. The Kier molecular flexibility index (Phi) is 2.54. The van der Waals surface area contributed by atoms with Gasteiger partial charge < -0.3 is 9.73 Å². The molecule has 4 nitrogen and oxygen atoms in total. The Bertz CT molecular complexity index is 689. The van der Waals surface area contributed by atoms with Crippen molar-refractivity contribution < 1.29 is 9.21 Å². The molecule has 1 amide bonds. The van der Waals surface area contributed by atoms with Crippen molar-refractivity contribution in [3.8, 4) is 11.3 Å². The van der Waals surface area contributed by atoms with Crippen LogP contribution in [0.5, 0.6) is 0 Å². The number of benzene rings is 1. The number of carbonyl (C=O) groups excluding carboxylic acids is 1. The molecule has 2 fully saturated rings. The highest BCUT2D eigenvalue weighted by Crippen LogP contribution is 2.75. The van der Waals surface area contributed by atoms with Crippen molar-refractivity contribution in [2.75, 3.05) is 0 Å². The van der Waals surface area contributed by atoms with Crippen LogP contribution in [0.15, 0.2) is 39.4 Å². The quantitative estimate of drug-likeness (QED) is 0.935. The lowest BCUT2D eigenvalue weighted by Gasteiger charge is -2.04. The summed E-state index contributed by atoms with van der Waals surface area (Å²) in [6.07, 6.45) is 3.82. The summed E-state index contributed by atoms with van der Waals surface area (Å²) in [5.74, 6) is 2.07. The van der Waals surface area contributed by atoms with Gasteiger partial charge in [0.2, 0.25) is 11.8 Å². The van der Waals surface area contributed by atoms with Gasteiger partial charge in [-0.15, -0.1) is 0 Å². The first-order valence-electron chi connectivity index (χ1n) is 6.66. The summed E-state index contributed by atoms with van der Waals surface area (Å²) >= 11 is 3.43. The number of oxazole rings is 1. The lowest BCUT2D eigenvalue weighted by molar-refractivity contribution is -0.124. The van der Waals surface area contributed by atoms with Crippen LogP contribution in [0, 0.1) is 11.3 Å². The first-order chi connectivity index (χ1) is 9.67. The molecule has 1 aromatic heterocycles. The van der Waals surface area contributed by atoms with Crippen molar-refractivity contribution in [2.24, 2.45) is 11.3 Å². The van der Waals surface area contributed by atoms with Crippen LogP contribution in [0.1, 0.15) is 18.7 Å². The molecule has 0 saturated heterocycles. The average molecular weight is 333 g/mol. The third-order valence-corrected chi connectivity index (χ3v) is 4.69. The third-order valence-electron chi connectivity index (χ3n) is 4.20. The molecule has 2 saturated carbocycles. The molecule has 1 heterocycles. The third kappa shape index (κ3) is 1.97. The monoisotopic (exact) mass is 332 g/mol. The molecule has 2 aliphatic carbocycles. The molecule has 0 bridgehead atoms. The maximum atomic E-state index is 11.9. The molecule has 20 heavy (non-hydrogen) atoms. The number of halogens is 1. The summed E-state index contributed by atoms with van der Waals surface area (Å²) in [5, 5.41) is 2.91. The van der Waals surface area contributed by atoms with Crippen LogP contribution in [0.4, 0.5) is 0 Å². The summed E-state index contributed by atoms with van der Waals surface area (Å²) in [6.45, 7) is 0.362. The molecular formula is C15H13BrN2O2. The normalized spacial score (nSPS) is 25.9. The Morgan fingerprint density at radius 2 is 2.30 bits per heavy atom. The zero-order valence-electron chi connectivity index (χ0n) is 10.7. The summed E-state index contributed by atoms with van der Waals surface area (Å²) in [5.41, 5.74) is 0.965. The summed E-state index contributed by atoms with van der Waals surface area (Å²) in [4.78, 5) is 16.1. The van der Waals surface area contributed by atoms with Gasteiger partial charge in [0, 0.05) is 10.0 Å². The smallest absolute Gasteiger partial charge is 0.226 e. The lowest BCUT2D eigenvalue weighted by Crippen LogP contribution is -2.27. The topological polar surface area (TPSA) is 55.1 Å². The fraction of sp³-hybridized carbons (Fsp3) is 0.333. The van der Waals surface area contributed by atoms with Gasteiger partial charge in [-0.05, 0) is 30.9 Å². The predicted octanol–water partition coefficient (Wildman–Crippen LogP) is 3.13. The first kappa shape index (κ1) is 12.1. The highest BCUT2D eigenvalue weighted by Gasteiger charge is 2.74. The molecule has 5 heteroatoms. The van der Waals surface area contributed by atoms with Gasteiger partial charge in [-0.2, -0.15) is 0 Å². The first-order valence-corrected chi connectivity index (χ1v) is 7.46. The number of rotatable bonds is 4. The summed E-state index contributed by atoms with van der Waals surface area (Å²) < 4.78 is 6.67. The van der Waals surface area contributed by atoms with Crippen molar-refractivity contribution >= 4 is 21.8 Å². The van der Waals surface area contributed by atoms with Gasteiger partial charge in [-0.25, -0.2) is 4.98 Å². The maximum absolute atomic E-state index is 11.9. The van der Waals surface area contributed by atoms with Gasteiger partial charge in [0.1, 0.15) is 0 Å². The minimum Gasteiger partial charge on any atom is -0.439 e. The van der Waals surface area contributed by atoms with Crippen LogP contribution >= 0.6 is 15.9 Å². The zero-order chi connectivity index (χ0) is 13.7. The number of amides is 1. The van der Waals surface area contributed by atoms with Crippen molar-refractivity contribution in [3.05, 3.63) is 40.8 Å². The highest BCUT2D eigenvalue weighted by molar-refractivity contribution is 9.10. The summed E-state index contributed by atoms with van der Waals surface area (Å²) in [6, 6.07) is 7.84. The van der Waals surface area contributed by atoms with E-state index in [1.807, 2.05) is 24.3 Å². The highest BCUT2D eigenvalue weighted by atomic mass is 79.9.